The lowest BCUT2D eigenvalue weighted by molar-refractivity contribution is 0.583. The van der Waals surface area contributed by atoms with Crippen molar-refractivity contribution in [3.05, 3.63) is 59.4 Å². The summed E-state index contributed by atoms with van der Waals surface area (Å²) < 4.78 is 27.8. The zero-order valence-electron chi connectivity index (χ0n) is 10.7. The number of pyridine rings is 1. The highest BCUT2D eigenvalue weighted by molar-refractivity contribution is 7.80. The normalized spacial score (nSPS) is 11.9. The monoisotopic (exact) mass is 293 g/mol. The second-order valence-electron chi connectivity index (χ2n) is 4.30. The summed E-state index contributed by atoms with van der Waals surface area (Å²) in [5.74, 6) is -1.48. The average molecular weight is 293 g/mol. The maximum Gasteiger partial charge on any atom is 0.150 e. The number of hydrogen-bond acceptors (Lipinski definition) is 3. The molecule has 6 heteroatoms. The lowest BCUT2D eigenvalue weighted by Crippen LogP contribution is -2.14. The van der Waals surface area contributed by atoms with Gasteiger partial charge in [-0.05, 0) is 31.2 Å². The topological polar surface area (TPSA) is 50.9 Å². The molecule has 1 atom stereocenters. The van der Waals surface area contributed by atoms with Gasteiger partial charge >= 0.3 is 0 Å². The highest BCUT2D eigenvalue weighted by Gasteiger charge is 2.15. The molecule has 2 aromatic rings. The van der Waals surface area contributed by atoms with Gasteiger partial charge in [-0.3, -0.25) is 4.98 Å². The number of aromatic nitrogens is 1. The molecule has 1 heterocycles. The van der Waals surface area contributed by atoms with Crippen molar-refractivity contribution in [2.75, 3.05) is 5.32 Å². The van der Waals surface area contributed by atoms with E-state index in [9.17, 15) is 8.78 Å². The van der Waals surface area contributed by atoms with Crippen molar-refractivity contribution in [1.82, 2.24) is 4.98 Å². The SMILES string of the molecule is CC(Nc1c(F)cc(C(N)=S)cc1F)c1ccccn1. The van der Waals surface area contributed by atoms with Crippen LogP contribution < -0.4 is 11.1 Å². The lowest BCUT2D eigenvalue weighted by atomic mass is 10.1. The summed E-state index contributed by atoms with van der Waals surface area (Å²) in [6.45, 7) is 1.77. The highest BCUT2D eigenvalue weighted by Crippen LogP contribution is 2.25. The van der Waals surface area contributed by atoms with E-state index in [0.717, 1.165) is 12.1 Å². The maximum absolute atomic E-state index is 13.9. The Bertz CT molecular complexity index is 609. The van der Waals surface area contributed by atoms with Gasteiger partial charge < -0.3 is 11.1 Å². The summed E-state index contributed by atoms with van der Waals surface area (Å²) in [6.07, 6.45) is 1.62. The van der Waals surface area contributed by atoms with Crippen molar-refractivity contribution >= 4 is 22.9 Å². The third-order valence-corrected chi connectivity index (χ3v) is 3.05. The molecule has 0 radical (unpaired) electrons. The van der Waals surface area contributed by atoms with Crippen molar-refractivity contribution < 1.29 is 8.78 Å². The minimum Gasteiger partial charge on any atom is -0.389 e. The molecular weight excluding hydrogens is 280 g/mol. The van der Waals surface area contributed by atoms with E-state index in [2.05, 4.69) is 10.3 Å². The first-order valence-corrected chi connectivity index (χ1v) is 6.36. The fourth-order valence-corrected chi connectivity index (χ4v) is 1.89. The number of hydrogen-bond donors (Lipinski definition) is 2. The molecule has 0 fully saturated rings. The van der Waals surface area contributed by atoms with E-state index in [1.807, 2.05) is 6.07 Å². The second-order valence-corrected chi connectivity index (χ2v) is 4.74. The van der Waals surface area contributed by atoms with E-state index >= 15 is 0 Å². The second kappa shape index (κ2) is 5.92. The van der Waals surface area contributed by atoms with Gasteiger partial charge in [0.2, 0.25) is 0 Å². The molecule has 3 nitrogen and oxygen atoms in total. The van der Waals surface area contributed by atoms with E-state index < -0.39 is 11.6 Å². The Kier molecular flexibility index (Phi) is 4.24. The predicted molar refractivity (Wildman–Crippen MR) is 78.5 cm³/mol. The van der Waals surface area contributed by atoms with Crippen LogP contribution in [-0.2, 0) is 0 Å². The Balaban J connectivity index is 2.28. The highest BCUT2D eigenvalue weighted by atomic mass is 32.1. The Labute approximate surface area is 120 Å². The fourth-order valence-electron chi connectivity index (χ4n) is 1.78. The van der Waals surface area contributed by atoms with Gasteiger partial charge in [0.25, 0.3) is 0 Å². The summed E-state index contributed by atoms with van der Waals surface area (Å²) in [5.41, 5.74) is 5.99. The molecule has 0 saturated carbocycles. The van der Waals surface area contributed by atoms with Gasteiger partial charge in [-0.2, -0.15) is 0 Å². The predicted octanol–water partition coefficient (Wildman–Crippen LogP) is 3.17. The smallest absolute Gasteiger partial charge is 0.150 e. The first-order valence-electron chi connectivity index (χ1n) is 5.95. The summed E-state index contributed by atoms with van der Waals surface area (Å²) in [6, 6.07) is 7.24. The molecule has 0 bridgehead atoms. The van der Waals surface area contributed by atoms with Crippen LogP contribution in [0.15, 0.2) is 36.5 Å². The van der Waals surface area contributed by atoms with Crippen molar-refractivity contribution in [2.24, 2.45) is 5.73 Å². The fraction of sp³-hybridized carbons (Fsp3) is 0.143. The van der Waals surface area contributed by atoms with Crippen molar-refractivity contribution in [3.63, 3.8) is 0 Å². The number of nitrogens with zero attached hydrogens (tertiary/aromatic N) is 1. The van der Waals surface area contributed by atoms with Crippen LogP contribution in [0.1, 0.15) is 24.2 Å². The standard InChI is InChI=1S/C14H13F2N3S/c1-8(12-4-2-3-5-18-12)19-13-10(15)6-9(14(17)20)7-11(13)16/h2-8,19H,1H3,(H2,17,20). The van der Waals surface area contributed by atoms with Crippen LogP contribution in [0.25, 0.3) is 0 Å². The minimum atomic E-state index is -0.740. The summed E-state index contributed by atoms with van der Waals surface area (Å²) in [7, 11) is 0. The molecule has 0 amide bonds. The first-order chi connectivity index (χ1) is 9.49. The van der Waals surface area contributed by atoms with Crippen molar-refractivity contribution in [3.8, 4) is 0 Å². The molecule has 3 N–H and O–H groups in total. The van der Waals surface area contributed by atoms with Crippen LogP contribution in [0.5, 0.6) is 0 Å². The van der Waals surface area contributed by atoms with Gasteiger partial charge in [0, 0.05) is 11.8 Å². The van der Waals surface area contributed by atoms with Gasteiger partial charge in [0.1, 0.15) is 22.3 Å². The number of nitrogens with two attached hydrogens (primary N) is 1. The van der Waals surface area contributed by atoms with Gasteiger partial charge in [-0.1, -0.05) is 18.3 Å². The Morgan fingerprint density at radius 2 is 1.95 bits per heavy atom. The van der Waals surface area contributed by atoms with Crippen LogP contribution in [0.4, 0.5) is 14.5 Å². The number of thiocarbonyl (C=S) groups is 1. The molecule has 0 aliphatic heterocycles. The molecule has 104 valence electrons. The minimum absolute atomic E-state index is 0.0490. The third-order valence-electron chi connectivity index (χ3n) is 2.82. The number of anilines is 1. The summed E-state index contributed by atoms with van der Waals surface area (Å²) in [5, 5.41) is 2.76. The van der Waals surface area contributed by atoms with Crippen molar-refractivity contribution in [2.45, 2.75) is 13.0 Å². The quantitative estimate of drug-likeness (QED) is 0.850. The van der Waals surface area contributed by atoms with E-state index in [4.69, 9.17) is 18.0 Å². The zero-order valence-corrected chi connectivity index (χ0v) is 11.5. The Morgan fingerprint density at radius 3 is 2.45 bits per heavy atom. The number of benzene rings is 1. The van der Waals surface area contributed by atoms with E-state index in [0.29, 0.717) is 5.69 Å². The Morgan fingerprint density at radius 1 is 1.30 bits per heavy atom. The van der Waals surface area contributed by atoms with E-state index in [1.165, 1.54) is 0 Å². The van der Waals surface area contributed by atoms with Gasteiger partial charge in [-0.25, -0.2) is 8.78 Å². The third kappa shape index (κ3) is 3.08. The van der Waals surface area contributed by atoms with E-state index in [1.54, 1.807) is 25.3 Å². The molecule has 0 aliphatic rings. The first kappa shape index (κ1) is 14.3. The summed E-state index contributed by atoms with van der Waals surface area (Å²) >= 11 is 4.70. The lowest BCUT2D eigenvalue weighted by Gasteiger charge is -2.16. The van der Waals surface area contributed by atoms with Gasteiger partial charge in [0.05, 0.1) is 11.7 Å². The zero-order chi connectivity index (χ0) is 14.7. The van der Waals surface area contributed by atoms with Crippen molar-refractivity contribution in [1.29, 1.82) is 0 Å². The van der Waals surface area contributed by atoms with Crippen LogP contribution >= 0.6 is 12.2 Å². The maximum atomic E-state index is 13.9. The molecule has 20 heavy (non-hydrogen) atoms. The van der Waals surface area contributed by atoms with Gasteiger partial charge in [-0.15, -0.1) is 0 Å². The van der Waals surface area contributed by atoms with Crippen LogP contribution in [0, 0.1) is 11.6 Å². The number of halogens is 2. The molecule has 0 saturated heterocycles. The molecule has 0 spiro atoms. The van der Waals surface area contributed by atoms with E-state index in [-0.39, 0.29) is 22.3 Å². The molecule has 1 aromatic heterocycles. The molecule has 1 unspecified atom stereocenters. The molecule has 1 aromatic carbocycles. The number of nitrogens with one attached hydrogen (secondary N) is 1. The van der Waals surface area contributed by atoms with Gasteiger partial charge in [0.15, 0.2) is 0 Å². The average Bonchev–Trinajstić information content (AvgIpc) is 2.43. The van der Waals surface area contributed by atoms with Crippen LogP contribution in [0.2, 0.25) is 0 Å². The van der Waals surface area contributed by atoms with Crippen LogP contribution in [0.3, 0.4) is 0 Å². The summed E-state index contributed by atoms with van der Waals surface area (Å²) in [4.78, 5) is 4.08. The molecule has 0 aliphatic carbocycles. The number of rotatable bonds is 4. The molecular formula is C14H13F2N3S. The largest absolute Gasteiger partial charge is 0.389 e. The van der Waals surface area contributed by atoms with Crippen LogP contribution in [-0.4, -0.2) is 9.97 Å². The molecule has 2 rings (SSSR count). The Hall–Kier alpha value is -2.08.